The van der Waals surface area contributed by atoms with E-state index in [4.69, 9.17) is 9.84 Å². The van der Waals surface area contributed by atoms with Gasteiger partial charge in [0.15, 0.2) is 0 Å². The second-order valence-corrected chi connectivity index (χ2v) is 8.99. The quantitative estimate of drug-likeness (QED) is 0.603. The molecule has 30 heavy (non-hydrogen) atoms. The first kappa shape index (κ1) is 20.9. The molecule has 0 radical (unpaired) electrons. The third-order valence-electron chi connectivity index (χ3n) is 7.27. The summed E-state index contributed by atoms with van der Waals surface area (Å²) in [7, 11) is 0. The molecular weight excluding hydrogens is 374 g/mol. The summed E-state index contributed by atoms with van der Waals surface area (Å²) in [5.74, 6) is -0.183. The Morgan fingerprint density at radius 3 is 2.57 bits per heavy atom. The van der Waals surface area contributed by atoms with E-state index in [0.29, 0.717) is 38.3 Å². The lowest BCUT2D eigenvalue weighted by Crippen LogP contribution is -2.33. The molecule has 2 aromatic rings. The van der Waals surface area contributed by atoms with Gasteiger partial charge in [0.1, 0.15) is 0 Å². The number of aromatic nitrogens is 2. The lowest BCUT2D eigenvalue weighted by molar-refractivity contribution is -0.149. The minimum Gasteiger partial charge on any atom is -0.466 e. The summed E-state index contributed by atoms with van der Waals surface area (Å²) in [6.07, 6.45) is 9.99. The van der Waals surface area contributed by atoms with Gasteiger partial charge >= 0.3 is 5.97 Å². The van der Waals surface area contributed by atoms with E-state index in [-0.39, 0.29) is 11.9 Å². The van der Waals surface area contributed by atoms with Gasteiger partial charge in [-0.15, -0.1) is 0 Å². The number of hydrogen-bond donors (Lipinski definition) is 0. The minimum atomic E-state index is -0.523. The van der Waals surface area contributed by atoms with Crippen molar-refractivity contribution in [3.63, 3.8) is 0 Å². The van der Waals surface area contributed by atoms with Crippen LogP contribution in [0.4, 0.5) is 0 Å². The van der Waals surface area contributed by atoms with Crippen LogP contribution in [-0.2, 0) is 21.4 Å². The molecule has 0 atom stereocenters. The zero-order valence-electron chi connectivity index (χ0n) is 18.3. The molecule has 2 fully saturated rings. The van der Waals surface area contributed by atoms with Gasteiger partial charge in [-0.05, 0) is 63.5 Å². The zero-order chi connectivity index (χ0) is 21.1. The van der Waals surface area contributed by atoms with Gasteiger partial charge in [-0.2, -0.15) is 10.4 Å². The van der Waals surface area contributed by atoms with E-state index < -0.39 is 5.41 Å². The summed E-state index contributed by atoms with van der Waals surface area (Å²) in [5.41, 5.74) is 2.89. The smallest absolute Gasteiger partial charge is 0.308 e. The summed E-state index contributed by atoms with van der Waals surface area (Å²) in [4.78, 5) is 12.1. The Bertz CT molecular complexity index is 941. The van der Waals surface area contributed by atoms with Crippen molar-refractivity contribution in [1.82, 2.24) is 9.78 Å². The van der Waals surface area contributed by atoms with Crippen LogP contribution < -0.4 is 0 Å². The maximum atomic E-state index is 12.1. The van der Waals surface area contributed by atoms with Gasteiger partial charge in [0, 0.05) is 5.39 Å². The molecule has 4 rings (SSSR count). The third-order valence-corrected chi connectivity index (χ3v) is 7.27. The largest absolute Gasteiger partial charge is 0.466 e. The first-order valence-electron chi connectivity index (χ1n) is 11.7. The summed E-state index contributed by atoms with van der Waals surface area (Å²) < 4.78 is 7.47. The van der Waals surface area contributed by atoms with E-state index in [0.717, 1.165) is 17.7 Å². The molecule has 1 aromatic heterocycles. The number of fused-ring (bicyclic) bond motifs is 1. The first-order valence-corrected chi connectivity index (χ1v) is 11.7. The fourth-order valence-corrected chi connectivity index (χ4v) is 5.44. The van der Waals surface area contributed by atoms with Gasteiger partial charge in [-0.3, -0.25) is 9.48 Å². The van der Waals surface area contributed by atoms with Crippen LogP contribution in [0.25, 0.3) is 10.9 Å². The summed E-state index contributed by atoms with van der Waals surface area (Å²) in [6.45, 7) is 4.42. The number of aryl methyl sites for hydroxylation is 1. The van der Waals surface area contributed by atoms with Crippen molar-refractivity contribution in [3.8, 4) is 6.07 Å². The van der Waals surface area contributed by atoms with E-state index in [1.165, 1.54) is 43.0 Å². The number of esters is 1. The number of benzene rings is 1. The van der Waals surface area contributed by atoms with Crippen LogP contribution in [0, 0.1) is 17.2 Å². The molecule has 0 bridgehead atoms. The highest BCUT2D eigenvalue weighted by atomic mass is 16.5. The van der Waals surface area contributed by atoms with Crippen molar-refractivity contribution in [3.05, 3.63) is 29.5 Å². The van der Waals surface area contributed by atoms with Gasteiger partial charge in [-0.1, -0.05) is 38.3 Å². The summed E-state index contributed by atoms with van der Waals surface area (Å²) in [5, 5.41) is 16.4. The van der Waals surface area contributed by atoms with E-state index in [9.17, 15) is 10.1 Å². The number of nitriles is 1. The van der Waals surface area contributed by atoms with Crippen molar-refractivity contribution in [2.75, 3.05) is 6.61 Å². The molecule has 1 aromatic carbocycles. The van der Waals surface area contributed by atoms with Crippen LogP contribution in [-0.4, -0.2) is 22.4 Å². The van der Waals surface area contributed by atoms with E-state index in [2.05, 4.69) is 35.9 Å². The molecular formula is C25H33N3O2. The second kappa shape index (κ2) is 8.79. The predicted molar refractivity (Wildman–Crippen MR) is 117 cm³/mol. The minimum absolute atomic E-state index is 0.0744. The monoisotopic (exact) mass is 407 g/mol. The molecule has 0 spiro atoms. The lowest BCUT2D eigenvalue weighted by atomic mass is 9.67. The van der Waals surface area contributed by atoms with Crippen molar-refractivity contribution in [1.29, 1.82) is 5.26 Å². The Morgan fingerprint density at radius 1 is 1.20 bits per heavy atom. The fourth-order valence-electron chi connectivity index (χ4n) is 5.44. The first-order chi connectivity index (χ1) is 14.6. The molecule has 160 valence electrons. The van der Waals surface area contributed by atoms with Crippen molar-refractivity contribution in [2.24, 2.45) is 5.92 Å². The van der Waals surface area contributed by atoms with E-state index in [1.54, 1.807) is 0 Å². The van der Waals surface area contributed by atoms with Crippen LogP contribution in [0.2, 0.25) is 0 Å². The molecule has 0 amide bonds. The molecule has 0 saturated heterocycles. The van der Waals surface area contributed by atoms with Crippen molar-refractivity contribution >= 4 is 16.9 Å². The third kappa shape index (κ3) is 3.73. The van der Waals surface area contributed by atoms with Gasteiger partial charge in [0.2, 0.25) is 0 Å². The average molecular weight is 408 g/mol. The number of carbonyl (C=O) groups is 1. The predicted octanol–water partition coefficient (Wildman–Crippen LogP) is 5.62. The highest BCUT2D eigenvalue weighted by Gasteiger charge is 2.40. The van der Waals surface area contributed by atoms with Crippen LogP contribution >= 0.6 is 0 Å². The zero-order valence-corrected chi connectivity index (χ0v) is 18.3. The normalized spacial score (nSPS) is 25.2. The van der Waals surface area contributed by atoms with Gasteiger partial charge in [0.25, 0.3) is 0 Å². The topological polar surface area (TPSA) is 67.9 Å². The number of nitrogens with zero attached hydrogens (tertiary/aromatic N) is 3. The summed E-state index contributed by atoms with van der Waals surface area (Å²) >= 11 is 0. The molecule has 5 nitrogen and oxygen atoms in total. The SMILES string of the molecule is CCOC(=O)C1CCC(C#N)(c2ccc3c(CC)nn(C4CCCCC4)c3c2)CC1. The highest BCUT2D eigenvalue weighted by Crippen LogP contribution is 2.43. The number of rotatable bonds is 5. The Morgan fingerprint density at radius 2 is 1.93 bits per heavy atom. The van der Waals surface area contributed by atoms with Gasteiger partial charge in [-0.25, -0.2) is 0 Å². The van der Waals surface area contributed by atoms with Crippen molar-refractivity contribution < 1.29 is 9.53 Å². The van der Waals surface area contributed by atoms with Crippen LogP contribution in [0.5, 0.6) is 0 Å². The number of ether oxygens (including phenoxy) is 1. The van der Waals surface area contributed by atoms with Gasteiger partial charge < -0.3 is 4.74 Å². The van der Waals surface area contributed by atoms with Crippen molar-refractivity contribution in [2.45, 2.75) is 89.5 Å². The lowest BCUT2D eigenvalue weighted by Gasteiger charge is -2.34. The highest BCUT2D eigenvalue weighted by molar-refractivity contribution is 5.83. The Balaban J connectivity index is 1.67. The molecule has 2 aliphatic rings. The molecule has 2 aliphatic carbocycles. The fraction of sp³-hybridized carbons (Fsp3) is 0.640. The Labute approximate surface area is 179 Å². The Kier molecular flexibility index (Phi) is 6.13. The number of hydrogen-bond acceptors (Lipinski definition) is 4. The molecule has 1 heterocycles. The standard InChI is InChI=1S/C25H33N3O2/c1-3-22-21-11-10-19(16-23(21)28(27-22)20-8-6-5-7-9-20)25(17-26)14-12-18(13-15-25)24(29)30-4-2/h10-11,16,18,20H,3-9,12-15H2,1-2H3. The van der Waals surface area contributed by atoms with E-state index in [1.807, 2.05) is 6.92 Å². The molecule has 2 saturated carbocycles. The van der Waals surface area contributed by atoms with Crippen LogP contribution in [0.3, 0.4) is 0 Å². The maximum Gasteiger partial charge on any atom is 0.308 e. The summed E-state index contributed by atoms with van der Waals surface area (Å²) in [6, 6.07) is 9.62. The van der Waals surface area contributed by atoms with Crippen LogP contribution in [0.15, 0.2) is 18.2 Å². The molecule has 0 unspecified atom stereocenters. The van der Waals surface area contributed by atoms with Gasteiger partial charge in [0.05, 0.1) is 41.3 Å². The Hall–Kier alpha value is -2.35. The molecule has 0 N–H and O–H groups in total. The average Bonchev–Trinajstić information content (AvgIpc) is 3.18. The second-order valence-electron chi connectivity index (χ2n) is 8.99. The van der Waals surface area contributed by atoms with Crippen LogP contribution in [0.1, 0.15) is 88.9 Å². The molecule has 5 heteroatoms. The number of carbonyl (C=O) groups excluding carboxylic acids is 1. The van der Waals surface area contributed by atoms with E-state index >= 15 is 0 Å². The molecule has 0 aliphatic heterocycles. The maximum absolute atomic E-state index is 12.1.